The van der Waals surface area contributed by atoms with Crippen molar-refractivity contribution in [3.8, 4) is 5.88 Å². The molecule has 0 radical (unpaired) electrons. The molecule has 3 bridgehead atoms. The van der Waals surface area contributed by atoms with Crippen molar-refractivity contribution in [2.45, 2.75) is 131 Å². The van der Waals surface area contributed by atoms with Crippen LogP contribution >= 0.6 is 0 Å². The van der Waals surface area contributed by atoms with E-state index in [0.29, 0.717) is 61.2 Å². The molecule has 3 aliphatic heterocycles. The van der Waals surface area contributed by atoms with Crippen molar-refractivity contribution in [2.75, 3.05) is 6.54 Å². The Morgan fingerprint density at radius 2 is 1.73 bits per heavy atom. The van der Waals surface area contributed by atoms with Gasteiger partial charge in [-0.2, -0.15) is 0 Å². The molecule has 4 fully saturated rings. The first-order chi connectivity index (χ1) is 26.4. The SMILES string of the molecule is C=C1C2C=CCCCCCC3NC(=O)OC4CC4CCCCCc4nc5ccccc5nc4OC4CC(C(=O)NC12C(=O)NS(=O)(=O)C1(C)CC1)N(C4)C3=O. The summed E-state index contributed by atoms with van der Waals surface area (Å²) in [6.45, 7) is 5.68. The van der Waals surface area contributed by atoms with Crippen molar-refractivity contribution in [2.24, 2.45) is 11.8 Å². The van der Waals surface area contributed by atoms with Crippen LogP contribution < -0.4 is 20.1 Å². The van der Waals surface area contributed by atoms with Crippen LogP contribution in [0.2, 0.25) is 0 Å². The number of aryl methyl sites for hydroxylation is 1. The first-order valence-electron chi connectivity index (χ1n) is 19.8. The van der Waals surface area contributed by atoms with Gasteiger partial charge in [0, 0.05) is 12.3 Å². The summed E-state index contributed by atoms with van der Waals surface area (Å²) in [7, 11) is -4.04. The number of nitrogens with zero attached hydrogens (tertiary/aromatic N) is 3. The van der Waals surface area contributed by atoms with Crippen LogP contribution in [0.1, 0.15) is 96.1 Å². The zero-order chi connectivity index (χ0) is 38.5. The Morgan fingerprint density at radius 3 is 2.51 bits per heavy atom. The predicted molar refractivity (Wildman–Crippen MR) is 202 cm³/mol. The zero-order valence-corrected chi connectivity index (χ0v) is 32.1. The second kappa shape index (κ2) is 14.5. The molecule has 4 heterocycles. The number of ether oxygens (including phenoxy) is 2. The number of carbonyl (C=O) groups is 4. The summed E-state index contributed by atoms with van der Waals surface area (Å²) in [6, 6.07) is 5.44. The maximum absolute atomic E-state index is 14.6. The minimum Gasteiger partial charge on any atom is -0.471 e. The van der Waals surface area contributed by atoms with E-state index in [1.807, 2.05) is 30.3 Å². The molecule has 8 rings (SSSR count). The van der Waals surface area contributed by atoms with Crippen molar-refractivity contribution < 1.29 is 37.1 Å². The molecule has 3 saturated carbocycles. The highest BCUT2D eigenvalue weighted by Crippen LogP contribution is 2.51. The number of rotatable bonds is 3. The van der Waals surface area contributed by atoms with Crippen LogP contribution in [-0.2, 0) is 35.6 Å². The highest BCUT2D eigenvalue weighted by molar-refractivity contribution is 7.91. The fourth-order valence-electron chi connectivity index (χ4n) is 8.37. The number of hydrogen-bond acceptors (Lipinski definition) is 10. The van der Waals surface area contributed by atoms with Gasteiger partial charge in [-0.25, -0.2) is 23.2 Å². The Bertz CT molecular complexity index is 2050. The highest BCUT2D eigenvalue weighted by Gasteiger charge is 2.66. The van der Waals surface area contributed by atoms with Crippen molar-refractivity contribution >= 4 is 44.9 Å². The van der Waals surface area contributed by atoms with Crippen LogP contribution in [-0.4, -0.2) is 88.2 Å². The number of allylic oxidation sites excluding steroid dienone is 1. The van der Waals surface area contributed by atoms with E-state index >= 15 is 0 Å². The van der Waals surface area contributed by atoms with E-state index in [2.05, 4.69) is 21.9 Å². The first-order valence-corrected chi connectivity index (χ1v) is 21.3. The molecule has 1 aromatic heterocycles. The smallest absolute Gasteiger partial charge is 0.408 e. The van der Waals surface area contributed by atoms with Gasteiger partial charge >= 0.3 is 6.09 Å². The molecule has 15 heteroatoms. The van der Waals surface area contributed by atoms with Gasteiger partial charge in [-0.1, -0.05) is 56.5 Å². The fourth-order valence-corrected chi connectivity index (χ4v) is 9.66. The molecule has 3 aliphatic carbocycles. The van der Waals surface area contributed by atoms with Crippen LogP contribution in [0.25, 0.3) is 11.0 Å². The van der Waals surface area contributed by atoms with Gasteiger partial charge in [-0.05, 0) is 88.3 Å². The number of carbonyl (C=O) groups excluding carboxylic acids is 4. The van der Waals surface area contributed by atoms with Gasteiger partial charge in [0.2, 0.25) is 27.7 Å². The summed E-state index contributed by atoms with van der Waals surface area (Å²) in [5.41, 5.74) is 0.720. The number of benzene rings is 1. The molecule has 6 aliphatic rings. The summed E-state index contributed by atoms with van der Waals surface area (Å²) < 4.78 is 40.0. The molecule has 55 heavy (non-hydrogen) atoms. The number of hydrogen-bond donors (Lipinski definition) is 3. The second-order valence-electron chi connectivity index (χ2n) is 16.4. The summed E-state index contributed by atoms with van der Waals surface area (Å²) in [4.78, 5) is 67.6. The molecular formula is C40H50N6O8S. The molecule has 3 N–H and O–H groups in total. The third-order valence-electron chi connectivity index (χ3n) is 12.4. The lowest BCUT2D eigenvalue weighted by Crippen LogP contribution is -2.58. The van der Waals surface area contributed by atoms with Gasteiger partial charge in [0.1, 0.15) is 30.0 Å². The Labute approximate surface area is 321 Å². The van der Waals surface area contributed by atoms with E-state index in [9.17, 15) is 27.6 Å². The van der Waals surface area contributed by atoms with E-state index in [1.165, 1.54) is 4.90 Å². The first kappa shape index (κ1) is 37.4. The monoisotopic (exact) mass is 774 g/mol. The highest BCUT2D eigenvalue weighted by atomic mass is 32.2. The van der Waals surface area contributed by atoms with Gasteiger partial charge in [0.15, 0.2) is 5.54 Å². The van der Waals surface area contributed by atoms with Gasteiger partial charge in [-0.3, -0.25) is 19.1 Å². The van der Waals surface area contributed by atoms with Crippen LogP contribution in [0.4, 0.5) is 4.79 Å². The summed E-state index contributed by atoms with van der Waals surface area (Å²) in [5.74, 6) is -2.03. The Kier molecular flexibility index (Phi) is 9.87. The van der Waals surface area contributed by atoms with E-state index in [4.69, 9.17) is 19.4 Å². The second-order valence-corrected chi connectivity index (χ2v) is 18.6. The summed E-state index contributed by atoms with van der Waals surface area (Å²) in [5, 5.41) is 5.70. The maximum atomic E-state index is 14.6. The molecule has 294 valence electrons. The zero-order valence-electron chi connectivity index (χ0n) is 31.3. The average Bonchev–Trinajstić information content (AvgIpc) is 4.10. The fraction of sp³-hybridized carbons (Fsp3) is 0.600. The Morgan fingerprint density at radius 1 is 0.982 bits per heavy atom. The molecule has 1 aromatic carbocycles. The van der Waals surface area contributed by atoms with E-state index in [0.717, 1.165) is 50.5 Å². The number of fused-ring (bicyclic) bond motifs is 6. The third-order valence-corrected chi connectivity index (χ3v) is 14.6. The standard InChI is InChI=1S/C40H50N6O8S/c1-24-27-14-8-4-3-5-9-18-31-36(48)46-23-26(22-32(46)34(47)44-40(24,27)37(49)45-55(51,52)39(2)19-20-39)53-35-30(41-28-15-11-12-16-29(28)42-35)17-10-6-7-13-25-21-33(25)54-38(50)43-31/h8,11-12,14-16,25-27,31-33H,1,3-7,9-10,13,17-23H2,2H3,(H,43,50)(H,44,47)(H,45,49). The predicted octanol–water partition coefficient (Wildman–Crippen LogP) is 4.14. The number of amides is 4. The normalized spacial score (nSPS) is 32.4. The molecule has 2 aromatic rings. The number of para-hydroxylation sites is 2. The lowest BCUT2D eigenvalue weighted by atomic mass is 10.0. The van der Waals surface area contributed by atoms with Gasteiger partial charge in [0.05, 0.1) is 22.3 Å². The number of alkyl carbamates (subject to hydrolysis) is 1. The van der Waals surface area contributed by atoms with Crippen molar-refractivity contribution in [1.82, 2.24) is 30.2 Å². The van der Waals surface area contributed by atoms with Crippen molar-refractivity contribution in [3.05, 3.63) is 54.3 Å². The molecule has 14 nitrogen and oxygen atoms in total. The van der Waals surface area contributed by atoms with Crippen LogP contribution in [0.15, 0.2) is 48.6 Å². The third kappa shape index (κ3) is 7.43. The maximum Gasteiger partial charge on any atom is 0.408 e. The Balaban J connectivity index is 1.14. The number of sulfonamides is 1. The largest absolute Gasteiger partial charge is 0.471 e. The van der Waals surface area contributed by atoms with Crippen LogP contribution in [0.5, 0.6) is 5.88 Å². The van der Waals surface area contributed by atoms with E-state index in [1.54, 1.807) is 13.0 Å². The summed E-state index contributed by atoms with van der Waals surface area (Å²) in [6.07, 6.45) is 11.4. The lowest BCUT2D eigenvalue weighted by molar-refractivity contribution is -0.141. The molecule has 4 amide bonds. The number of nitrogens with one attached hydrogen (secondary N) is 3. The van der Waals surface area contributed by atoms with Crippen molar-refractivity contribution in [1.29, 1.82) is 0 Å². The average molecular weight is 775 g/mol. The van der Waals surface area contributed by atoms with Gasteiger partial charge < -0.3 is 25.0 Å². The molecule has 1 saturated heterocycles. The van der Waals surface area contributed by atoms with Gasteiger partial charge in [-0.15, -0.1) is 0 Å². The van der Waals surface area contributed by atoms with Crippen molar-refractivity contribution in [3.63, 3.8) is 0 Å². The van der Waals surface area contributed by atoms with E-state index in [-0.39, 0.29) is 25.0 Å². The molecule has 7 atom stereocenters. The minimum absolute atomic E-state index is 0.000990. The molecular weight excluding hydrogens is 725 g/mol. The van der Waals surface area contributed by atoms with Crippen LogP contribution in [0.3, 0.4) is 0 Å². The molecule has 0 spiro atoms. The number of aromatic nitrogens is 2. The topological polar surface area (TPSA) is 186 Å². The quantitative estimate of drug-likeness (QED) is 0.383. The Hall–Kier alpha value is -4.53. The molecule has 7 unspecified atom stereocenters. The lowest BCUT2D eigenvalue weighted by Gasteiger charge is -2.29. The van der Waals surface area contributed by atoms with Gasteiger partial charge in [0.25, 0.3) is 5.91 Å². The minimum atomic E-state index is -4.04. The summed E-state index contributed by atoms with van der Waals surface area (Å²) >= 11 is 0. The van der Waals surface area contributed by atoms with E-state index < -0.39 is 68.2 Å². The van der Waals surface area contributed by atoms with Crippen LogP contribution in [0, 0.1) is 11.8 Å².